The number of ether oxygens (including phenoxy) is 2. The molecule has 162 valence electrons. The van der Waals surface area contributed by atoms with Crippen molar-refractivity contribution in [3.63, 3.8) is 0 Å². The van der Waals surface area contributed by atoms with Crippen molar-refractivity contribution >= 4 is 23.5 Å². The van der Waals surface area contributed by atoms with Crippen LogP contribution in [0.25, 0.3) is 6.08 Å². The summed E-state index contributed by atoms with van der Waals surface area (Å²) in [4.78, 5) is 15.3. The molecule has 0 spiro atoms. The molecule has 2 aliphatic heterocycles. The molecule has 2 aliphatic rings. The Balaban J connectivity index is 1.37. The zero-order valence-corrected chi connectivity index (χ0v) is 18.9. The maximum absolute atomic E-state index is 13.1. The van der Waals surface area contributed by atoms with Crippen molar-refractivity contribution in [3.05, 3.63) is 98.8 Å². The summed E-state index contributed by atoms with van der Waals surface area (Å²) in [5.41, 5.74) is 5.71. The number of nitrogens with zero attached hydrogens (tertiary/aromatic N) is 1. The lowest BCUT2D eigenvalue weighted by Gasteiger charge is -2.30. The molecular weight excluding hydrogens is 422 g/mol. The molecule has 0 fully saturated rings. The van der Waals surface area contributed by atoms with Gasteiger partial charge in [-0.05, 0) is 49.6 Å². The van der Waals surface area contributed by atoms with Gasteiger partial charge in [0.15, 0.2) is 5.76 Å². The van der Waals surface area contributed by atoms with Crippen LogP contribution in [-0.2, 0) is 13.0 Å². The van der Waals surface area contributed by atoms with Gasteiger partial charge in [-0.25, -0.2) is 0 Å². The van der Waals surface area contributed by atoms with Crippen molar-refractivity contribution in [1.82, 2.24) is 4.90 Å². The lowest BCUT2D eigenvalue weighted by Crippen LogP contribution is -2.34. The van der Waals surface area contributed by atoms with Gasteiger partial charge < -0.3 is 9.47 Å². The van der Waals surface area contributed by atoms with Crippen LogP contribution in [0, 0.1) is 13.8 Å². The second-order valence-electron chi connectivity index (χ2n) is 8.39. The molecule has 0 aromatic heterocycles. The van der Waals surface area contributed by atoms with E-state index >= 15 is 0 Å². The van der Waals surface area contributed by atoms with Crippen LogP contribution >= 0.6 is 11.6 Å². The van der Waals surface area contributed by atoms with Gasteiger partial charge in [-0.15, -0.1) is 0 Å². The van der Waals surface area contributed by atoms with E-state index in [-0.39, 0.29) is 5.78 Å². The van der Waals surface area contributed by atoms with Crippen LogP contribution in [0.2, 0.25) is 5.02 Å². The molecule has 3 aromatic rings. The first kappa shape index (κ1) is 20.8. The summed E-state index contributed by atoms with van der Waals surface area (Å²) in [6.07, 6.45) is 2.65. The predicted octanol–water partition coefficient (Wildman–Crippen LogP) is 5.97. The zero-order valence-electron chi connectivity index (χ0n) is 18.2. The molecule has 0 N–H and O–H groups in total. The highest BCUT2D eigenvalue weighted by molar-refractivity contribution is 6.31. The van der Waals surface area contributed by atoms with E-state index < -0.39 is 0 Å². The van der Waals surface area contributed by atoms with Crippen LogP contribution in [0.5, 0.6) is 11.5 Å². The number of hydrogen-bond acceptors (Lipinski definition) is 4. The quantitative estimate of drug-likeness (QED) is 0.464. The number of aryl methyl sites for hydroxylation is 1. The number of rotatable bonds is 4. The highest BCUT2D eigenvalue weighted by atomic mass is 35.5. The normalized spacial score (nSPS) is 16.5. The maximum Gasteiger partial charge on any atom is 0.231 e. The lowest BCUT2D eigenvalue weighted by atomic mass is 9.99. The highest BCUT2D eigenvalue weighted by Gasteiger charge is 2.33. The number of benzene rings is 3. The molecule has 0 saturated heterocycles. The Morgan fingerprint density at radius 1 is 1.06 bits per heavy atom. The van der Waals surface area contributed by atoms with Gasteiger partial charge in [-0.3, -0.25) is 9.69 Å². The summed E-state index contributed by atoms with van der Waals surface area (Å²) in [5, 5.41) is 0.787. The number of ketones is 1. The fourth-order valence-electron chi connectivity index (χ4n) is 4.33. The van der Waals surface area contributed by atoms with Crippen LogP contribution in [0.1, 0.15) is 38.2 Å². The molecule has 4 nitrogen and oxygen atoms in total. The van der Waals surface area contributed by atoms with Gasteiger partial charge >= 0.3 is 0 Å². The number of halogens is 1. The van der Waals surface area contributed by atoms with Crippen molar-refractivity contribution in [2.24, 2.45) is 0 Å². The highest BCUT2D eigenvalue weighted by Crippen LogP contribution is 2.43. The van der Waals surface area contributed by atoms with Crippen molar-refractivity contribution in [3.8, 4) is 11.5 Å². The summed E-state index contributed by atoms with van der Waals surface area (Å²) in [7, 11) is 0. The first-order valence-electron chi connectivity index (χ1n) is 10.8. The van der Waals surface area contributed by atoms with Gasteiger partial charge in [0.25, 0.3) is 0 Å². The number of carbonyl (C=O) groups excluding carboxylic acids is 1. The molecular formula is C27H24ClNO3. The standard InChI is InChI=1S/C27H24ClNO3/c1-17-6-5-7-19(12-17)13-24-25(30)22-14-21-15-29(11-10-20-8-3-4-9-23(20)28)16-31-26(21)18(2)27(22)32-24/h3-9,12-14H,10-11,15-16H2,1-2H3/b24-13-. The summed E-state index contributed by atoms with van der Waals surface area (Å²) in [6.45, 7) is 6.03. The monoisotopic (exact) mass is 445 g/mol. The fraction of sp³-hybridized carbons (Fsp3) is 0.222. The Labute approximate surface area is 193 Å². The van der Waals surface area contributed by atoms with Gasteiger partial charge in [-0.2, -0.15) is 0 Å². The lowest BCUT2D eigenvalue weighted by molar-refractivity contribution is 0.0954. The number of Topliss-reactive ketones (excluding diaryl/α,β-unsaturated/α-hetero) is 1. The molecule has 32 heavy (non-hydrogen) atoms. The number of carbonyl (C=O) groups is 1. The van der Waals surface area contributed by atoms with Crippen LogP contribution in [0.3, 0.4) is 0 Å². The van der Waals surface area contributed by atoms with E-state index in [0.717, 1.165) is 58.1 Å². The van der Waals surface area contributed by atoms with Gasteiger partial charge in [-0.1, -0.05) is 59.6 Å². The Bertz CT molecular complexity index is 1250. The maximum atomic E-state index is 13.1. The molecule has 3 aromatic carbocycles. The van der Waals surface area contributed by atoms with E-state index in [9.17, 15) is 4.79 Å². The average Bonchev–Trinajstić information content (AvgIpc) is 3.09. The Hall–Kier alpha value is -3.08. The molecule has 5 heteroatoms. The molecule has 0 amide bonds. The van der Waals surface area contributed by atoms with Gasteiger partial charge in [0, 0.05) is 29.2 Å². The van der Waals surface area contributed by atoms with Gasteiger partial charge in [0.1, 0.15) is 18.2 Å². The second kappa shape index (κ2) is 8.45. The van der Waals surface area contributed by atoms with E-state index in [2.05, 4.69) is 11.0 Å². The second-order valence-corrected chi connectivity index (χ2v) is 8.79. The predicted molar refractivity (Wildman–Crippen MR) is 126 cm³/mol. The van der Waals surface area contributed by atoms with Crippen molar-refractivity contribution in [1.29, 1.82) is 0 Å². The molecule has 5 rings (SSSR count). The van der Waals surface area contributed by atoms with Crippen LogP contribution in [0.15, 0.2) is 60.4 Å². The van der Waals surface area contributed by atoms with E-state index in [1.165, 1.54) is 0 Å². The summed E-state index contributed by atoms with van der Waals surface area (Å²) in [6, 6.07) is 17.8. The fourth-order valence-corrected chi connectivity index (χ4v) is 4.56. The Kier molecular flexibility index (Phi) is 5.50. The number of allylic oxidation sites excluding steroid dienone is 1. The molecule has 0 saturated carbocycles. The van der Waals surface area contributed by atoms with E-state index in [1.54, 1.807) is 0 Å². The molecule has 0 atom stereocenters. The third-order valence-electron chi connectivity index (χ3n) is 6.00. The SMILES string of the molecule is Cc1cccc(/C=C2\Oc3c(cc4c(c3C)OCN(CCc3ccccc3Cl)C4)C2=O)c1. The molecule has 0 aliphatic carbocycles. The van der Waals surface area contributed by atoms with Gasteiger partial charge in [0.05, 0.1) is 5.56 Å². The largest absolute Gasteiger partial charge is 0.477 e. The van der Waals surface area contributed by atoms with E-state index in [4.69, 9.17) is 21.1 Å². The topological polar surface area (TPSA) is 38.8 Å². The molecule has 0 radical (unpaired) electrons. The van der Waals surface area contributed by atoms with Crippen molar-refractivity contribution in [2.45, 2.75) is 26.8 Å². The van der Waals surface area contributed by atoms with E-state index in [1.807, 2.05) is 68.5 Å². The molecule has 0 unspecified atom stereocenters. The minimum Gasteiger partial charge on any atom is -0.477 e. The first-order valence-corrected chi connectivity index (χ1v) is 11.1. The number of hydrogen-bond donors (Lipinski definition) is 0. The molecule has 0 bridgehead atoms. The number of fused-ring (bicyclic) bond motifs is 2. The van der Waals surface area contributed by atoms with Crippen molar-refractivity contribution < 1.29 is 14.3 Å². The van der Waals surface area contributed by atoms with Crippen LogP contribution in [-0.4, -0.2) is 24.0 Å². The summed E-state index contributed by atoms with van der Waals surface area (Å²) >= 11 is 6.30. The third-order valence-corrected chi connectivity index (χ3v) is 6.37. The first-order chi connectivity index (χ1) is 15.5. The van der Waals surface area contributed by atoms with Crippen LogP contribution in [0.4, 0.5) is 0 Å². The zero-order chi connectivity index (χ0) is 22.2. The average molecular weight is 446 g/mol. The Morgan fingerprint density at radius 3 is 2.72 bits per heavy atom. The minimum atomic E-state index is -0.0828. The van der Waals surface area contributed by atoms with Gasteiger partial charge in [0.2, 0.25) is 5.78 Å². The van der Waals surface area contributed by atoms with E-state index in [0.29, 0.717) is 23.8 Å². The van der Waals surface area contributed by atoms with Crippen molar-refractivity contribution in [2.75, 3.05) is 13.3 Å². The Morgan fingerprint density at radius 2 is 1.91 bits per heavy atom. The third kappa shape index (κ3) is 3.92. The minimum absolute atomic E-state index is 0.0828. The van der Waals surface area contributed by atoms with Crippen LogP contribution < -0.4 is 9.47 Å². The smallest absolute Gasteiger partial charge is 0.231 e. The molecule has 2 heterocycles. The summed E-state index contributed by atoms with van der Waals surface area (Å²) in [5.74, 6) is 1.70. The summed E-state index contributed by atoms with van der Waals surface area (Å²) < 4.78 is 12.1.